The Labute approximate surface area is 93.8 Å². The molecule has 0 unspecified atom stereocenters. The first-order valence-corrected chi connectivity index (χ1v) is 6.47. The number of hydrogen-bond acceptors (Lipinski definition) is 1. The van der Waals surface area contributed by atoms with Crippen LogP contribution in [-0.4, -0.2) is 12.5 Å². The zero-order valence-corrected chi connectivity index (χ0v) is 10.3. The summed E-state index contributed by atoms with van der Waals surface area (Å²) >= 11 is 0. The van der Waals surface area contributed by atoms with Crippen LogP contribution in [0.15, 0.2) is 0 Å². The standard InChI is InChI=1S/C13H25NO/c1-3-4-5-8-11-14-12(15)13(2)9-6-7-10-13/h3-11H2,1-2H3,(H,14,15). The maximum Gasteiger partial charge on any atom is 0.225 e. The van der Waals surface area contributed by atoms with Crippen LogP contribution in [0.1, 0.15) is 65.2 Å². The summed E-state index contributed by atoms with van der Waals surface area (Å²) in [6.45, 7) is 5.19. The van der Waals surface area contributed by atoms with E-state index in [1.54, 1.807) is 0 Å². The molecule has 0 aromatic rings. The van der Waals surface area contributed by atoms with Crippen LogP contribution in [0.4, 0.5) is 0 Å². The fraction of sp³-hybridized carbons (Fsp3) is 0.923. The van der Waals surface area contributed by atoms with E-state index >= 15 is 0 Å². The van der Waals surface area contributed by atoms with Crippen LogP contribution in [0.2, 0.25) is 0 Å². The van der Waals surface area contributed by atoms with E-state index in [0.29, 0.717) is 0 Å². The Balaban J connectivity index is 2.12. The van der Waals surface area contributed by atoms with Gasteiger partial charge in [-0.3, -0.25) is 4.79 Å². The average molecular weight is 211 g/mol. The van der Waals surface area contributed by atoms with Crippen LogP contribution < -0.4 is 5.32 Å². The minimum absolute atomic E-state index is 0.0508. The lowest BCUT2D eigenvalue weighted by Gasteiger charge is -2.22. The van der Waals surface area contributed by atoms with Crippen molar-refractivity contribution in [2.24, 2.45) is 5.41 Å². The normalized spacial score (nSPS) is 19.1. The van der Waals surface area contributed by atoms with Gasteiger partial charge in [-0.15, -0.1) is 0 Å². The smallest absolute Gasteiger partial charge is 0.225 e. The third kappa shape index (κ3) is 3.84. The summed E-state index contributed by atoms with van der Waals surface area (Å²) < 4.78 is 0. The van der Waals surface area contributed by atoms with Crippen molar-refractivity contribution in [3.63, 3.8) is 0 Å². The lowest BCUT2D eigenvalue weighted by atomic mass is 9.88. The first-order valence-electron chi connectivity index (χ1n) is 6.47. The molecule has 1 saturated carbocycles. The number of carbonyl (C=O) groups is 1. The van der Waals surface area contributed by atoms with Crippen molar-refractivity contribution in [1.29, 1.82) is 0 Å². The van der Waals surface area contributed by atoms with Gasteiger partial charge in [0.2, 0.25) is 5.91 Å². The molecule has 1 N–H and O–H groups in total. The van der Waals surface area contributed by atoms with E-state index in [-0.39, 0.29) is 11.3 Å². The second-order valence-corrected chi connectivity index (χ2v) is 5.08. The maximum absolute atomic E-state index is 11.9. The Morgan fingerprint density at radius 1 is 1.20 bits per heavy atom. The van der Waals surface area contributed by atoms with Gasteiger partial charge in [-0.2, -0.15) is 0 Å². The van der Waals surface area contributed by atoms with Crippen molar-refractivity contribution in [1.82, 2.24) is 5.32 Å². The summed E-state index contributed by atoms with van der Waals surface area (Å²) in [7, 11) is 0. The van der Waals surface area contributed by atoms with Crippen molar-refractivity contribution in [2.75, 3.05) is 6.54 Å². The van der Waals surface area contributed by atoms with Gasteiger partial charge in [-0.1, -0.05) is 46.0 Å². The molecule has 0 heterocycles. The van der Waals surface area contributed by atoms with E-state index in [4.69, 9.17) is 0 Å². The second kappa shape index (κ2) is 6.14. The number of hydrogen-bond donors (Lipinski definition) is 1. The Bertz CT molecular complexity index is 195. The van der Waals surface area contributed by atoms with Crippen LogP contribution in [0.5, 0.6) is 0 Å². The number of amides is 1. The molecule has 0 aromatic carbocycles. The van der Waals surface area contributed by atoms with Crippen LogP contribution in [0.3, 0.4) is 0 Å². The van der Waals surface area contributed by atoms with Gasteiger partial charge in [0, 0.05) is 12.0 Å². The molecule has 1 aliphatic rings. The van der Waals surface area contributed by atoms with E-state index in [1.165, 1.54) is 32.1 Å². The first-order chi connectivity index (χ1) is 7.19. The highest BCUT2D eigenvalue weighted by Gasteiger charge is 2.35. The molecule has 1 fully saturated rings. The number of unbranched alkanes of at least 4 members (excludes halogenated alkanes) is 3. The quantitative estimate of drug-likeness (QED) is 0.671. The summed E-state index contributed by atoms with van der Waals surface area (Å²) in [4.78, 5) is 11.9. The predicted molar refractivity (Wildman–Crippen MR) is 63.7 cm³/mol. The Hall–Kier alpha value is -0.530. The second-order valence-electron chi connectivity index (χ2n) is 5.08. The van der Waals surface area contributed by atoms with Gasteiger partial charge in [-0.25, -0.2) is 0 Å². The van der Waals surface area contributed by atoms with Crippen molar-refractivity contribution in [2.45, 2.75) is 65.2 Å². The van der Waals surface area contributed by atoms with E-state index < -0.39 is 0 Å². The molecule has 0 aromatic heterocycles. The molecule has 0 aliphatic heterocycles. The summed E-state index contributed by atoms with van der Waals surface area (Å²) in [5, 5.41) is 3.09. The van der Waals surface area contributed by atoms with Gasteiger partial charge in [0.25, 0.3) is 0 Å². The van der Waals surface area contributed by atoms with Gasteiger partial charge in [-0.05, 0) is 19.3 Å². The third-order valence-corrected chi connectivity index (χ3v) is 3.57. The Kier molecular flexibility index (Phi) is 5.13. The molecule has 1 rings (SSSR count). The molecule has 2 heteroatoms. The van der Waals surface area contributed by atoms with Gasteiger partial charge in [0.15, 0.2) is 0 Å². The zero-order chi connectivity index (χ0) is 11.1. The molecule has 15 heavy (non-hydrogen) atoms. The molecule has 0 saturated heterocycles. The lowest BCUT2D eigenvalue weighted by Crippen LogP contribution is -2.37. The average Bonchev–Trinajstić information content (AvgIpc) is 2.66. The zero-order valence-electron chi connectivity index (χ0n) is 10.3. The van der Waals surface area contributed by atoms with E-state index in [9.17, 15) is 4.79 Å². The summed E-state index contributed by atoms with van der Waals surface area (Å²) in [5.74, 6) is 0.288. The van der Waals surface area contributed by atoms with Gasteiger partial charge >= 0.3 is 0 Å². The number of rotatable bonds is 6. The first kappa shape index (κ1) is 12.5. The molecule has 88 valence electrons. The summed E-state index contributed by atoms with van der Waals surface area (Å²) in [5.41, 5.74) is -0.0508. The molecular formula is C13H25NO. The molecule has 0 atom stereocenters. The van der Waals surface area contributed by atoms with Crippen LogP contribution in [0, 0.1) is 5.41 Å². The largest absolute Gasteiger partial charge is 0.356 e. The van der Waals surface area contributed by atoms with Gasteiger partial charge in [0.1, 0.15) is 0 Å². The lowest BCUT2D eigenvalue weighted by molar-refractivity contribution is -0.129. The molecular weight excluding hydrogens is 186 g/mol. The van der Waals surface area contributed by atoms with Crippen molar-refractivity contribution >= 4 is 5.91 Å². The summed E-state index contributed by atoms with van der Waals surface area (Å²) in [6, 6.07) is 0. The van der Waals surface area contributed by atoms with Crippen LogP contribution >= 0.6 is 0 Å². The SMILES string of the molecule is CCCCCCNC(=O)C1(C)CCCC1. The Morgan fingerprint density at radius 3 is 2.47 bits per heavy atom. The van der Waals surface area contributed by atoms with Crippen molar-refractivity contribution in [3.8, 4) is 0 Å². The fourth-order valence-corrected chi connectivity index (χ4v) is 2.35. The van der Waals surface area contributed by atoms with Gasteiger partial charge < -0.3 is 5.32 Å². The molecule has 0 radical (unpaired) electrons. The van der Waals surface area contributed by atoms with Crippen molar-refractivity contribution < 1.29 is 4.79 Å². The van der Waals surface area contributed by atoms with E-state index in [0.717, 1.165) is 25.8 Å². The molecule has 2 nitrogen and oxygen atoms in total. The predicted octanol–water partition coefficient (Wildman–Crippen LogP) is 3.26. The molecule has 0 spiro atoms. The molecule has 1 aliphatic carbocycles. The number of carbonyl (C=O) groups excluding carboxylic acids is 1. The monoisotopic (exact) mass is 211 g/mol. The van der Waals surface area contributed by atoms with Crippen molar-refractivity contribution in [3.05, 3.63) is 0 Å². The maximum atomic E-state index is 11.9. The number of nitrogens with one attached hydrogen (secondary N) is 1. The summed E-state index contributed by atoms with van der Waals surface area (Å²) in [6.07, 6.45) is 9.52. The molecule has 1 amide bonds. The Morgan fingerprint density at radius 2 is 1.87 bits per heavy atom. The topological polar surface area (TPSA) is 29.1 Å². The fourth-order valence-electron chi connectivity index (χ4n) is 2.35. The third-order valence-electron chi connectivity index (χ3n) is 3.57. The van der Waals surface area contributed by atoms with Crippen LogP contribution in [-0.2, 0) is 4.79 Å². The highest BCUT2D eigenvalue weighted by molar-refractivity contribution is 5.82. The van der Waals surface area contributed by atoms with Gasteiger partial charge in [0.05, 0.1) is 0 Å². The highest BCUT2D eigenvalue weighted by Crippen LogP contribution is 2.37. The minimum atomic E-state index is -0.0508. The highest BCUT2D eigenvalue weighted by atomic mass is 16.2. The van der Waals surface area contributed by atoms with E-state index in [1.807, 2.05) is 0 Å². The minimum Gasteiger partial charge on any atom is -0.356 e. The van der Waals surface area contributed by atoms with E-state index in [2.05, 4.69) is 19.2 Å². The van der Waals surface area contributed by atoms with Crippen LogP contribution in [0.25, 0.3) is 0 Å². The molecule has 0 bridgehead atoms.